The molecule has 1 aromatic heterocycles. The van der Waals surface area contributed by atoms with Gasteiger partial charge in [-0.2, -0.15) is 0 Å². The molecule has 2 rings (SSSR count). The maximum Gasteiger partial charge on any atom is 0.256 e. The quantitative estimate of drug-likeness (QED) is 0.791. The third kappa shape index (κ3) is 3.28. The lowest BCUT2D eigenvalue weighted by Gasteiger charge is -2.30. The molecule has 1 fully saturated rings. The van der Waals surface area contributed by atoms with Gasteiger partial charge in [-0.15, -0.1) is 0 Å². The zero-order valence-corrected chi connectivity index (χ0v) is 12.0. The standard InChI is InChI=1S/C13H20N2O2S/c1-9-4-6-15(7-5-9)12(16)8-18-13-14-10(2)11(3)17-13/h9H,4-8H2,1-3H3. The molecule has 1 aliphatic rings. The average molecular weight is 268 g/mol. The lowest BCUT2D eigenvalue weighted by Crippen LogP contribution is -2.38. The van der Waals surface area contributed by atoms with Crippen molar-refractivity contribution in [3.8, 4) is 0 Å². The molecule has 4 nitrogen and oxygen atoms in total. The van der Waals surface area contributed by atoms with E-state index in [0.29, 0.717) is 11.0 Å². The third-order valence-electron chi connectivity index (χ3n) is 3.46. The summed E-state index contributed by atoms with van der Waals surface area (Å²) in [5, 5.41) is 0.601. The van der Waals surface area contributed by atoms with Gasteiger partial charge in [-0.25, -0.2) is 4.98 Å². The van der Waals surface area contributed by atoms with Gasteiger partial charge in [0.1, 0.15) is 5.76 Å². The van der Waals surface area contributed by atoms with Gasteiger partial charge in [-0.1, -0.05) is 18.7 Å². The van der Waals surface area contributed by atoms with Crippen LogP contribution in [0.2, 0.25) is 0 Å². The summed E-state index contributed by atoms with van der Waals surface area (Å²) >= 11 is 1.39. The van der Waals surface area contributed by atoms with Gasteiger partial charge < -0.3 is 9.32 Å². The highest BCUT2D eigenvalue weighted by Gasteiger charge is 2.20. The van der Waals surface area contributed by atoms with Crippen molar-refractivity contribution >= 4 is 17.7 Å². The largest absolute Gasteiger partial charge is 0.437 e. The Morgan fingerprint density at radius 3 is 2.67 bits per heavy atom. The summed E-state index contributed by atoms with van der Waals surface area (Å²) in [4.78, 5) is 18.2. The minimum absolute atomic E-state index is 0.195. The molecule has 1 saturated heterocycles. The van der Waals surface area contributed by atoms with Crippen LogP contribution in [0.4, 0.5) is 0 Å². The molecule has 0 bridgehead atoms. The molecule has 1 aromatic rings. The number of hydrogen-bond acceptors (Lipinski definition) is 4. The molecule has 0 radical (unpaired) electrons. The highest BCUT2D eigenvalue weighted by molar-refractivity contribution is 7.99. The van der Waals surface area contributed by atoms with Crippen molar-refractivity contribution in [2.24, 2.45) is 5.92 Å². The van der Waals surface area contributed by atoms with E-state index >= 15 is 0 Å². The van der Waals surface area contributed by atoms with Crippen molar-refractivity contribution in [2.45, 2.75) is 38.8 Å². The van der Waals surface area contributed by atoms with Crippen LogP contribution < -0.4 is 0 Å². The summed E-state index contributed by atoms with van der Waals surface area (Å²) in [5.41, 5.74) is 0.900. The molecule has 2 heterocycles. The Kier molecular flexibility index (Phi) is 4.32. The fourth-order valence-corrected chi connectivity index (χ4v) is 2.79. The summed E-state index contributed by atoms with van der Waals surface area (Å²) in [6.45, 7) is 7.83. The lowest BCUT2D eigenvalue weighted by molar-refractivity contribution is -0.129. The number of nitrogens with zero attached hydrogens (tertiary/aromatic N) is 2. The zero-order valence-electron chi connectivity index (χ0n) is 11.2. The van der Waals surface area contributed by atoms with E-state index in [9.17, 15) is 4.79 Å². The predicted molar refractivity (Wildman–Crippen MR) is 71.7 cm³/mol. The number of thioether (sulfide) groups is 1. The molecule has 1 aliphatic heterocycles. The number of oxazole rings is 1. The predicted octanol–water partition coefficient (Wildman–Crippen LogP) is 2.64. The Morgan fingerprint density at radius 1 is 1.44 bits per heavy atom. The smallest absolute Gasteiger partial charge is 0.256 e. The van der Waals surface area contributed by atoms with E-state index in [1.54, 1.807) is 0 Å². The number of carbonyl (C=O) groups is 1. The van der Waals surface area contributed by atoms with Crippen molar-refractivity contribution < 1.29 is 9.21 Å². The van der Waals surface area contributed by atoms with Gasteiger partial charge in [0.2, 0.25) is 5.91 Å². The second-order valence-corrected chi connectivity index (χ2v) is 5.90. The van der Waals surface area contributed by atoms with Crippen LogP contribution in [0.15, 0.2) is 9.64 Å². The maximum absolute atomic E-state index is 12.0. The monoisotopic (exact) mass is 268 g/mol. The van der Waals surface area contributed by atoms with Gasteiger partial charge >= 0.3 is 0 Å². The van der Waals surface area contributed by atoms with E-state index in [1.165, 1.54) is 11.8 Å². The van der Waals surface area contributed by atoms with E-state index in [4.69, 9.17) is 4.42 Å². The fourth-order valence-electron chi connectivity index (χ4n) is 1.98. The Morgan fingerprint density at radius 2 is 2.11 bits per heavy atom. The molecule has 0 aromatic carbocycles. The first kappa shape index (κ1) is 13.5. The number of likely N-dealkylation sites (tertiary alicyclic amines) is 1. The molecular formula is C13H20N2O2S. The first-order valence-electron chi connectivity index (χ1n) is 6.41. The molecular weight excluding hydrogens is 248 g/mol. The summed E-state index contributed by atoms with van der Waals surface area (Å²) in [5.74, 6) is 2.20. The molecule has 18 heavy (non-hydrogen) atoms. The van der Waals surface area contributed by atoms with Crippen LogP contribution >= 0.6 is 11.8 Å². The van der Waals surface area contributed by atoms with Crippen LogP contribution in [-0.4, -0.2) is 34.6 Å². The molecule has 0 atom stereocenters. The van der Waals surface area contributed by atoms with Gasteiger partial charge in [0.15, 0.2) is 0 Å². The Labute approximate surface area is 112 Å². The number of rotatable bonds is 3. The molecule has 5 heteroatoms. The summed E-state index contributed by atoms with van der Waals surface area (Å²) < 4.78 is 5.45. The average Bonchev–Trinajstić information content (AvgIpc) is 2.67. The van der Waals surface area contributed by atoms with Crippen LogP contribution in [0.25, 0.3) is 0 Å². The third-order valence-corrected chi connectivity index (χ3v) is 4.28. The minimum atomic E-state index is 0.195. The second kappa shape index (κ2) is 5.78. The van der Waals surface area contributed by atoms with E-state index in [1.807, 2.05) is 18.7 Å². The summed E-state index contributed by atoms with van der Waals surface area (Å²) in [6, 6.07) is 0. The number of aryl methyl sites for hydroxylation is 2. The van der Waals surface area contributed by atoms with Crippen molar-refractivity contribution in [3.05, 3.63) is 11.5 Å². The summed E-state index contributed by atoms with van der Waals surface area (Å²) in [7, 11) is 0. The van der Waals surface area contributed by atoms with Gasteiger partial charge in [-0.05, 0) is 32.6 Å². The highest BCUT2D eigenvalue weighted by atomic mass is 32.2. The van der Waals surface area contributed by atoms with Crippen LogP contribution in [0, 0.1) is 19.8 Å². The number of piperidine rings is 1. The Hall–Kier alpha value is -0.970. The molecule has 0 saturated carbocycles. The van der Waals surface area contributed by atoms with Gasteiger partial charge in [0.05, 0.1) is 11.4 Å². The molecule has 0 spiro atoms. The number of hydrogen-bond donors (Lipinski definition) is 0. The fraction of sp³-hybridized carbons (Fsp3) is 0.692. The van der Waals surface area contributed by atoms with Crippen molar-refractivity contribution in [1.82, 2.24) is 9.88 Å². The minimum Gasteiger partial charge on any atom is -0.437 e. The normalized spacial score (nSPS) is 17.2. The van der Waals surface area contributed by atoms with Crippen LogP contribution in [0.5, 0.6) is 0 Å². The van der Waals surface area contributed by atoms with E-state index in [2.05, 4.69) is 11.9 Å². The Balaban J connectivity index is 1.81. The highest BCUT2D eigenvalue weighted by Crippen LogP contribution is 2.22. The second-order valence-electron chi connectivity index (χ2n) is 4.97. The van der Waals surface area contributed by atoms with Crippen LogP contribution in [0.3, 0.4) is 0 Å². The topological polar surface area (TPSA) is 46.3 Å². The SMILES string of the molecule is Cc1nc(SCC(=O)N2CCC(C)CC2)oc1C. The van der Waals surface area contributed by atoms with E-state index < -0.39 is 0 Å². The maximum atomic E-state index is 12.0. The van der Waals surface area contributed by atoms with Crippen molar-refractivity contribution in [3.63, 3.8) is 0 Å². The van der Waals surface area contributed by atoms with E-state index in [-0.39, 0.29) is 5.91 Å². The number of amides is 1. The van der Waals surface area contributed by atoms with Crippen LogP contribution in [0.1, 0.15) is 31.2 Å². The van der Waals surface area contributed by atoms with Gasteiger partial charge in [0, 0.05) is 13.1 Å². The first-order chi connectivity index (χ1) is 8.56. The van der Waals surface area contributed by atoms with E-state index in [0.717, 1.165) is 43.3 Å². The first-order valence-corrected chi connectivity index (χ1v) is 7.39. The van der Waals surface area contributed by atoms with Crippen molar-refractivity contribution in [1.29, 1.82) is 0 Å². The molecule has 0 aliphatic carbocycles. The molecule has 100 valence electrons. The Bertz CT molecular complexity index is 403. The number of carbonyl (C=O) groups excluding carboxylic acids is 1. The summed E-state index contributed by atoms with van der Waals surface area (Å²) in [6.07, 6.45) is 2.24. The van der Waals surface area contributed by atoms with Gasteiger partial charge in [-0.3, -0.25) is 4.79 Å². The van der Waals surface area contributed by atoms with Crippen molar-refractivity contribution in [2.75, 3.05) is 18.8 Å². The van der Waals surface area contributed by atoms with Gasteiger partial charge in [0.25, 0.3) is 5.22 Å². The molecule has 0 unspecified atom stereocenters. The zero-order chi connectivity index (χ0) is 13.1. The number of aromatic nitrogens is 1. The van der Waals surface area contributed by atoms with Crippen LogP contribution in [-0.2, 0) is 4.79 Å². The molecule has 1 amide bonds. The molecule has 0 N–H and O–H groups in total. The lowest BCUT2D eigenvalue weighted by atomic mass is 9.99.